The van der Waals surface area contributed by atoms with E-state index in [9.17, 15) is 4.79 Å². The Balaban J connectivity index is 2.67. The Morgan fingerprint density at radius 2 is 2.13 bits per heavy atom. The number of ketones is 1. The van der Waals surface area contributed by atoms with Crippen LogP contribution in [-0.4, -0.2) is 16.0 Å². The number of nitrogens with one attached hydrogen (secondary N) is 1. The summed E-state index contributed by atoms with van der Waals surface area (Å²) in [5, 5.41) is 7.95. The van der Waals surface area contributed by atoms with Gasteiger partial charge in [-0.25, -0.2) is 0 Å². The molecule has 2 rings (SSSR count). The first-order valence-electron chi connectivity index (χ1n) is 5.09. The summed E-state index contributed by atoms with van der Waals surface area (Å²) in [7, 11) is 0. The number of nitrogens with zero attached hydrogens (tertiary/aromatic N) is 1. The number of aromatic nitrogens is 2. The normalized spacial score (nSPS) is 11.2. The molecule has 1 N–H and O–H groups in total. The second-order valence-electron chi connectivity index (χ2n) is 4.09. The highest BCUT2D eigenvalue weighted by Crippen LogP contribution is 2.21. The summed E-state index contributed by atoms with van der Waals surface area (Å²) < 4.78 is 0. The highest BCUT2D eigenvalue weighted by Gasteiger charge is 2.17. The van der Waals surface area contributed by atoms with E-state index >= 15 is 0 Å². The molecule has 0 atom stereocenters. The van der Waals surface area contributed by atoms with Gasteiger partial charge in [0, 0.05) is 11.3 Å². The summed E-state index contributed by atoms with van der Waals surface area (Å²) in [5.41, 5.74) is 2.59. The smallest absolute Gasteiger partial charge is 0.186 e. The Bertz CT molecular complexity index is 511. The van der Waals surface area contributed by atoms with Gasteiger partial charge in [0.1, 0.15) is 5.69 Å². The molecule has 0 fully saturated rings. The zero-order chi connectivity index (χ0) is 11.0. The third-order valence-corrected chi connectivity index (χ3v) is 2.56. The fraction of sp³-hybridized carbons (Fsp3) is 0.333. The van der Waals surface area contributed by atoms with E-state index in [1.807, 2.05) is 39.0 Å². The number of fused-ring (bicyclic) bond motifs is 1. The molecule has 1 aromatic heterocycles. The molecule has 1 heterocycles. The highest BCUT2D eigenvalue weighted by atomic mass is 16.1. The van der Waals surface area contributed by atoms with Crippen molar-refractivity contribution in [2.75, 3.05) is 0 Å². The van der Waals surface area contributed by atoms with Crippen molar-refractivity contribution >= 4 is 16.7 Å². The van der Waals surface area contributed by atoms with Crippen LogP contribution >= 0.6 is 0 Å². The van der Waals surface area contributed by atoms with Gasteiger partial charge in [-0.15, -0.1) is 0 Å². The molecule has 15 heavy (non-hydrogen) atoms. The number of aryl methyl sites for hydroxylation is 1. The van der Waals surface area contributed by atoms with E-state index in [4.69, 9.17) is 0 Å². The molecule has 2 aromatic rings. The van der Waals surface area contributed by atoms with Gasteiger partial charge >= 0.3 is 0 Å². The van der Waals surface area contributed by atoms with Crippen LogP contribution in [0.3, 0.4) is 0 Å². The molecule has 0 bridgehead atoms. The van der Waals surface area contributed by atoms with E-state index in [1.165, 1.54) is 0 Å². The minimum atomic E-state index is -0.0175. The van der Waals surface area contributed by atoms with E-state index in [0.717, 1.165) is 16.5 Å². The second kappa shape index (κ2) is 3.50. The van der Waals surface area contributed by atoms with Gasteiger partial charge in [-0.3, -0.25) is 9.89 Å². The van der Waals surface area contributed by atoms with Crippen LogP contribution in [0.1, 0.15) is 29.9 Å². The van der Waals surface area contributed by atoms with Crippen LogP contribution in [0.5, 0.6) is 0 Å². The lowest BCUT2D eigenvalue weighted by atomic mass is 10.0. The molecule has 0 aliphatic heterocycles. The first-order chi connectivity index (χ1) is 7.11. The molecule has 0 aliphatic rings. The number of benzene rings is 1. The fourth-order valence-corrected chi connectivity index (χ4v) is 1.70. The summed E-state index contributed by atoms with van der Waals surface area (Å²) in [4.78, 5) is 11.9. The fourth-order valence-electron chi connectivity index (χ4n) is 1.70. The molecule has 0 radical (unpaired) electrons. The minimum absolute atomic E-state index is 0.0175. The molecule has 3 heteroatoms. The second-order valence-corrected chi connectivity index (χ2v) is 4.09. The molecule has 0 spiro atoms. The number of H-pyrrole nitrogens is 1. The van der Waals surface area contributed by atoms with Crippen molar-refractivity contribution in [3.05, 3.63) is 29.5 Å². The summed E-state index contributed by atoms with van der Waals surface area (Å²) >= 11 is 0. The van der Waals surface area contributed by atoms with E-state index in [-0.39, 0.29) is 11.7 Å². The Morgan fingerprint density at radius 3 is 2.80 bits per heavy atom. The van der Waals surface area contributed by atoms with Gasteiger partial charge in [-0.1, -0.05) is 26.0 Å². The maximum absolute atomic E-state index is 11.9. The Kier molecular flexibility index (Phi) is 2.31. The van der Waals surface area contributed by atoms with Crippen LogP contribution in [0.2, 0.25) is 0 Å². The van der Waals surface area contributed by atoms with Gasteiger partial charge in [0.2, 0.25) is 0 Å². The first kappa shape index (κ1) is 9.90. The van der Waals surface area contributed by atoms with Crippen LogP contribution in [-0.2, 0) is 0 Å². The maximum Gasteiger partial charge on any atom is 0.186 e. The van der Waals surface area contributed by atoms with Gasteiger partial charge in [0.15, 0.2) is 5.78 Å². The largest absolute Gasteiger partial charge is 0.292 e. The van der Waals surface area contributed by atoms with Gasteiger partial charge in [-0.05, 0) is 18.6 Å². The van der Waals surface area contributed by atoms with E-state index in [0.29, 0.717) is 5.69 Å². The lowest BCUT2D eigenvalue weighted by molar-refractivity contribution is 0.0936. The van der Waals surface area contributed by atoms with Crippen molar-refractivity contribution < 1.29 is 4.79 Å². The predicted molar refractivity (Wildman–Crippen MR) is 60.0 cm³/mol. The Hall–Kier alpha value is -1.64. The molecule has 3 nitrogen and oxygen atoms in total. The van der Waals surface area contributed by atoms with E-state index in [1.54, 1.807) is 0 Å². The van der Waals surface area contributed by atoms with E-state index in [2.05, 4.69) is 10.2 Å². The molecule has 0 saturated heterocycles. The topological polar surface area (TPSA) is 45.8 Å². The number of aromatic amines is 1. The molecule has 0 unspecified atom stereocenters. The first-order valence-corrected chi connectivity index (χ1v) is 5.09. The third-order valence-electron chi connectivity index (χ3n) is 2.56. The van der Waals surface area contributed by atoms with Crippen LogP contribution in [0, 0.1) is 12.8 Å². The van der Waals surface area contributed by atoms with Crippen molar-refractivity contribution in [3.63, 3.8) is 0 Å². The number of Topliss-reactive ketones (excluding diaryl/α,β-unsaturated/α-hetero) is 1. The summed E-state index contributed by atoms with van der Waals surface area (Å²) in [5.74, 6) is 0.0756. The van der Waals surface area contributed by atoms with Crippen molar-refractivity contribution in [2.45, 2.75) is 20.8 Å². The van der Waals surface area contributed by atoms with Crippen LogP contribution < -0.4 is 0 Å². The van der Waals surface area contributed by atoms with Gasteiger partial charge < -0.3 is 0 Å². The Labute approximate surface area is 88.5 Å². The van der Waals surface area contributed by atoms with Gasteiger partial charge in [0.25, 0.3) is 0 Å². The van der Waals surface area contributed by atoms with Crippen LogP contribution in [0.15, 0.2) is 18.2 Å². The van der Waals surface area contributed by atoms with Crippen LogP contribution in [0.25, 0.3) is 10.9 Å². The predicted octanol–water partition coefficient (Wildman–Crippen LogP) is 2.71. The molecular formula is C12H14N2O. The molecular weight excluding hydrogens is 188 g/mol. The number of carbonyl (C=O) groups excluding carboxylic acids is 1. The highest BCUT2D eigenvalue weighted by molar-refractivity contribution is 6.07. The standard InChI is InChI=1S/C12H14N2O/c1-7(2)12(15)11-10-8(3)5-4-6-9(10)13-14-11/h4-7H,1-3H3,(H,13,14). The van der Waals surface area contributed by atoms with E-state index < -0.39 is 0 Å². The summed E-state index contributed by atoms with van der Waals surface area (Å²) in [6, 6.07) is 5.89. The molecule has 0 amide bonds. The zero-order valence-corrected chi connectivity index (χ0v) is 9.16. The van der Waals surface area contributed by atoms with Gasteiger partial charge in [-0.2, -0.15) is 5.10 Å². The molecule has 0 saturated carbocycles. The number of rotatable bonds is 2. The Morgan fingerprint density at radius 1 is 1.40 bits per heavy atom. The zero-order valence-electron chi connectivity index (χ0n) is 9.16. The molecule has 0 aliphatic carbocycles. The summed E-state index contributed by atoms with van der Waals surface area (Å²) in [6.45, 7) is 5.78. The lowest BCUT2D eigenvalue weighted by Gasteiger charge is -2.02. The van der Waals surface area contributed by atoms with Crippen molar-refractivity contribution in [2.24, 2.45) is 5.92 Å². The average molecular weight is 202 g/mol. The average Bonchev–Trinajstić information content (AvgIpc) is 2.61. The number of hydrogen-bond donors (Lipinski definition) is 1. The monoisotopic (exact) mass is 202 g/mol. The molecule has 78 valence electrons. The van der Waals surface area contributed by atoms with Crippen LogP contribution in [0.4, 0.5) is 0 Å². The minimum Gasteiger partial charge on any atom is -0.292 e. The SMILES string of the molecule is Cc1cccc2[nH]nc(C(=O)C(C)C)c12. The van der Waals surface area contributed by atoms with Crippen molar-refractivity contribution in [1.82, 2.24) is 10.2 Å². The number of hydrogen-bond acceptors (Lipinski definition) is 2. The molecule has 1 aromatic carbocycles. The number of carbonyl (C=O) groups is 1. The maximum atomic E-state index is 11.9. The third kappa shape index (κ3) is 1.54. The van der Waals surface area contributed by atoms with Crippen molar-refractivity contribution in [3.8, 4) is 0 Å². The van der Waals surface area contributed by atoms with Crippen molar-refractivity contribution in [1.29, 1.82) is 0 Å². The summed E-state index contributed by atoms with van der Waals surface area (Å²) in [6.07, 6.45) is 0. The lowest BCUT2D eigenvalue weighted by Crippen LogP contribution is -2.08. The van der Waals surface area contributed by atoms with Gasteiger partial charge in [0.05, 0.1) is 5.52 Å². The quantitative estimate of drug-likeness (QED) is 0.761.